The van der Waals surface area contributed by atoms with Crippen LogP contribution in [0, 0.1) is 6.92 Å². The molecule has 102 valence electrons. The fourth-order valence-corrected chi connectivity index (χ4v) is 2.17. The van der Waals surface area contributed by atoms with E-state index in [0.29, 0.717) is 11.3 Å². The fourth-order valence-electron chi connectivity index (χ4n) is 2.17. The number of methoxy groups -OCH3 is 1. The van der Waals surface area contributed by atoms with E-state index in [-0.39, 0.29) is 6.61 Å². The van der Waals surface area contributed by atoms with E-state index in [4.69, 9.17) is 9.84 Å². The highest BCUT2D eigenvalue weighted by Gasteiger charge is 2.09. The van der Waals surface area contributed by atoms with Crippen molar-refractivity contribution >= 4 is 5.65 Å². The van der Waals surface area contributed by atoms with Gasteiger partial charge in [0, 0.05) is 5.56 Å². The highest BCUT2D eigenvalue weighted by molar-refractivity contribution is 5.68. The molecule has 2 aromatic heterocycles. The summed E-state index contributed by atoms with van der Waals surface area (Å²) in [5, 5.41) is 13.6. The minimum atomic E-state index is -0.0908. The number of aromatic nitrogens is 3. The molecular weight excluding hydrogens is 254 g/mol. The van der Waals surface area contributed by atoms with Crippen molar-refractivity contribution in [3.63, 3.8) is 0 Å². The molecule has 1 N–H and O–H groups in total. The summed E-state index contributed by atoms with van der Waals surface area (Å²) in [5.41, 5.74) is 4.20. The van der Waals surface area contributed by atoms with Gasteiger partial charge >= 0.3 is 0 Å². The Labute approximate surface area is 116 Å². The quantitative estimate of drug-likeness (QED) is 0.792. The molecule has 0 saturated heterocycles. The molecule has 20 heavy (non-hydrogen) atoms. The van der Waals surface area contributed by atoms with Crippen molar-refractivity contribution in [2.45, 2.75) is 13.5 Å². The summed E-state index contributed by atoms with van der Waals surface area (Å²) in [4.78, 5) is 4.25. The second-order valence-corrected chi connectivity index (χ2v) is 4.62. The number of ether oxygens (including phenoxy) is 1. The van der Waals surface area contributed by atoms with Crippen molar-refractivity contribution < 1.29 is 9.84 Å². The van der Waals surface area contributed by atoms with Gasteiger partial charge in [-0.25, -0.2) is 9.50 Å². The molecule has 0 bridgehead atoms. The molecule has 5 heteroatoms. The fraction of sp³-hybridized carbons (Fsp3) is 0.200. The SMILES string of the molecule is COc1ccc(C)cc1-c1ccc2nc(CO)cn2n1. The maximum Gasteiger partial charge on any atom is 0.153 e. The van der Waals surface area contributed by atoms with Gasteiger partial charge in [0.05, 0.1) is 31.3 Å². The average Bonchev–Trinajstić information content (AvgIpc) is 2.89. The van der Waals surface area contributed by atoms with Crippen molar-refractivity contribution in [1.29, 1.82) is 0 Å². The zero-order valence-corrected chi connectivity index (χ0v) is 11.4. The van der Waals surface area contributed by atoms with Gasteiger partial charge in [0.15, 0.2) is 5.65 Å². The van der Waals surface area contributed by atoms with Crippen LogP contribution in [0.2, 0.25) is 0 Å². The Kier molecular flexibility index (Phi) is 3.12. The molecule has 0 aliphatic carbocycles. The number of rotatable bonds is 3. The lowest BCUT2D eigenvalue weighted by molar-refractivity contribution is 0.277. The lowest BCUT2D eigenvalue weighted by Gasteiger charge is -2.09. The van der Waals surface area contributed by atoms with Crippen LogP contribution in [0.5, 0.6) is 5.75 Å². The first kappa shape index (κ1) is 12.6. The zero-order valence-electron chi connectivity index (χ0n) is 11.4. The summed E-state index contributed by atoms with van der Waals surface area (Å²) >= 11 is 0. The zero-order chi connectivity index (χ0) is 14.1. The molecule has 0 unspecified atom stereocenters. The third kappa shape index (κ3) is 2.12. The highest BCUT2D eigenvalue weighted by atomic mass is 16.5. The molecule has 0 amide bonds. The van der Waals surface area contributed by atoms with E-state index in [1.165, 1.54) is 0 Å². The van der Waals surface area contributed by atoms with Crippen molar-refractivity contribution in [3.8, 4) is 17.0 Å². The van der Waals surface area contributed by atoms with Gasteiger partial charge in [-0.3, -0.25) is 0 Å². The lowest BCUT2D eigenvalue weighted by Crippen LogP contribution is -1.95. The number of aliphatic hydroxyl groups excluding tert-OH is 1. The largest absolute Gasteiger partial charge is 0.496 e. The molecule has 0 saturated carbocycles. The van der Waals surface area contributed by atoms with E-state index >= 15 is 0 Å². The molecule has 3 rings (SSSR count). The maximum atomic E-state index is 9.12. The summed E-state index contributed by atoms with van der Waals surface area (Å²) in [5.74, 6) is 0.782. The molecule has 0 fully saturated rings. The third-order valence-corrected chi connectivity index (χ3v) is 3.16. The van der Waals surface area contributed by atoms with E-state index in [2.05, 4.69) is 10.1 Å². The lowest BCUT2D eigenvalue weighted by atomic mass is 10.1. The average molecular weight is 269 g/mol. The Balaban J connectivity index is 2.16. The number of fused-ring (bicyclic) bond motifs is 1. The van der Waals surface area contributed by atoms with Gasteiger partial charge in [-0.1, -0.05) is 11.6 Å². The first-order chi connectivity index (χ1) is 9.71. The van der Waals surface area contributed by atoms with E-state index in [1.54, 1.807) is 17.8 Å². The monoisotopic (exact) mass is 269 g/mol. The molecule has 5 nitrogen and oxygen atoms in total. The summed E-state index contributed by atoms with van der Waals surface area (Å²) < 4.78 is 7.06. The molecule has 1 aromatic carbocycles. The van der Waals surface area contributed by atoms with Crippen molar-refractivity contribution in [1.82, 2.24) is 14.6 Å². The van der Waals surface area contributed by atoms with Crippen LogP contribution >= 0.6 is 0 Å². The molecule has 2 heterocycles. The Bertz CT molecular complexity index is 765. The van der Waals surface area contributed by atoms with E-state index in [0.717, 1.165) is 22.6 Å². The molecule has 0 spiro atoms. The minimum absolute atomic E-state index is 0.0908. The number of imidazole rings is 1. The van der Waals surface area contributed by atoms with Gasteiger partial charge in [0.1, 0.15) is 5.75 Å². The number of aryl methyl sites for hydroxylation is 1. The van der Waals surface area contributed by atoms with Crippen molar-refractivity contribution in [3.05, 3.63) is 47.8 Å². The number of hydrogen-bond donors (Lipinski definition) is 1. The Morgan fingerprint density at radius 3 is 2.85 bits per heavy atom. The highest BCUT2D eigenvalue weighted by Crippen LogP contribution is 2.29. The summed E-state index contributed by atoms with van der Waals surface area (Å²) in [6, 6.07) is 9.76. The normalized spacial score (nSPS) is 10.9. The van der Waals surface area contributed by atoms with Crippen LogP contribution in [0.4, 0.5) is 0 Å². The van der Waals surface area contributed by atoms with Crippen LogP contribution in [0.3, 0.4) is 0 Å². The van der Waals surface area contributed by atoms with Crippen molar-refractivity contribution in [2.75, 3.05) is 7.11 Å². The van der Waals surface area contributed by atoms with Crippen LogP contribution in [-0.4, -0.2) is 26.8 Å². The van der Waals surface area contributed by atoms with Crippen LogP contribution in [0.1, 0.15) is 11.3 Å². The van der Waals surface area contributed by atoms with Gasteiger partial charge in [-0.15, -0.1) is 0 Å². The van der Waals surface area contributed by atoms with E-state index in [1.807, 2.05) is 37.3 Å². The van der Waals surface area contributed by atoms with Crippen LogP contribution < -0.4 is 4.74 Å². The molecule has 3 aromatic rings. The first-order valence-electron chi connectivity index (χ1n) is 6.32. The second-order valence-electron chi connectivity index (χ2n) is 4.62. The standard InChI is InChI=1S/C15H15N3O2/c1-10-3-5-14(20-2)12(7-10)13-4-6-15-16-11(9-19)8-18(15)17-13/h3-8,19H,9H2,1-2H3. The third-order valence-electron chi connectivity index (χ3n) is 3.16. The summed E-state index contributed by atoms with van der Waals surface area (Å²) in [6.07, 6.45) is 1.72. The van der Waals surface area contributed by atoms with Gasteiger partial charge < -0.3 is 9.84 Å². The molecule has 0 radical (unpaired) electrons. The Morgan fingerprint density at radius 1 is 1.25 bits per heavy atom. The Morgan fingerprint density at radius 2 is 2.10 bits per heavy atom. The Hall–Kier alpha value is -2.40. The first-order valence-corrected chi connectivity index (χ1v) is 6.32. The van der Waals surface area contributed by atoms with Gasteiger partial charge in [0.25, 0.3) is 0 Å². The smallest absolute Gasteiger partial charge is 0.153 e. The number of aliphatic hydroxyl groups is 1. The number of benzene rings is 1. The number of hydrogen-bond acceptors (Lipinski definition) is 4. The van der Waals surface area contributed by atoms with E-state index in [9.17, 15) is 0 Å². The molecule has 0 aliphatic rings. The topological polar surface area (TPSA) is 59.7 Å². The minimum Gasteiger partial charge on any atom is -0.496 e. The summed E-state index contributed by atoms with van der Waals surface area (Å²) in [6.45, 7) is 1.94. The predicted octanol–water partition coefficient (Wildman–Crippen LogP) is 2.21. The van der Waals surface area contributed by atoms with Crippen LogP contribution in [-0.2, 0) is 6.61 Å². The predicted molar refractivity (Wildman–Crippen MR) is 75.6 cm³/mol. The van der Waals surface area contributed by atoms with Gasteiger partial charge in [0.2, 0.25) is 0 Å². The van der Waals surface area contributed by atoms with Crippen LogP contribution in [0.15, 0.2) is 36.5 Å². The number of nitrogens with zero attached hydrogens (tertiary/aromatic N) is 3. The second kappa shape index (κ2) is 4.94. The molecule has 0 atom stereocenters. The molecular formula is C15H15N3O2. The van der Waals surface area contributed by atoms with Crippen molar-refractivity contribution in [2.24, 2.45) is 0 Å². The molecule has 0 aliphatic heterocycles. The van der Waals surface area contributed by atoms with Gasteiger partial charge in [-0.2, -0.15) is 5.10 Å². The van der Waals surface area contributed by atoms with Gasteiger partial charge in [-0.05, 0) is 31.2 Å². The summed E-state index contributed by atoms with van der Waals surface area (Å²) in [7, 11) is 1.65. The van der Waals surface area contributed by atoms with Crippen LogP contribution in [0.25, 0.3) is 16.9 Å². The maximum absolute atomic E-state index is 9.12. The van der Waals surface area contributed by atoms with E-state index < -0.39 is 0 Å².